The zero-order valence-electron chi connectivity index (χ0n) is 15.8. The van der Waals surface area contributed by atoms with Crippen LogP contribution in [0.2, 0.25) is 0 Å². The molecule has 3 heterocycles. The van der Waals surface area contributed by atoms with Crippen molar-refractivity contribution < 1.29 is 27.5 Å². The Morgan fingerprint density at radius 3 is 2.76 bits per heavy atom. The molecule has 0 spiro atoms. The van der Waals surface area contributed by atoms with Crippen LogP contribution in [-0.4, -0.2) is 70.7 Å². The van der Waals surface area contributed by atoms with Crippen LogP contribution >= 0.6 is 0 Å². The lowest BCUT2D eigenvalue weighted by Crippen LogP contribution is -2.48. The average molecular weight is 406 g/mol. The first-order valence-electron chi connectivity index (χ1n) is 9.32. The Balaban J connectivity index is 1.52. The predicted molar refractivity (Wildman–Crippen MR) is 94.8 cm³/mol. The van der Waals surface area contributed by atoms with Crippen LogP contribution in [0.1, 0.15) is 22.1 Å². The fourth-order valence-corrected chi connectivity index (χ4v) is 3.76. The number of carbonyl (C=O) groups is 2. The van der Waals surface area contributed by atoms with Gasteiger partial charge >= 0.3 is 11.8 Å². The van der Waals surface area contributed by atoms with E-state index in [0.717, 1.165) is 6.07 Å². The van der Waals surface area contributed by atoms with Crippen molar-refractivity contribution in [1.29, 1.82) is 0 Å². The van der Waals surface area contributed by atoms with Crippen molar-refractivity contribution in [3.05, 3.63) is 47.2 Å². The zero-order chi connectivity index (χ0) is 20.5. The van der Waals surface area contributed by atoms with Crippen molar-refractivity contribution in [1.82, 2.24) is 20.0 Å². The molecule has 10 heteroatoms. The first-order valence-corrected chi connectivity index (χ1v) is 9.32. The lowest BCUT2D eigenvalue weighted by atomic mass is 10.1. The summed E-state index contributed by atoms with van der Waals surface area (Å²) in [5.41, 5.74) is 0.00919. The summed E-state index contributed by atoms with van der Waals surface area (Å²) < 4.78 is 38.3. The van der Waals surface area contributed by atoms with Crippen LogP contribution in [0, 0.1) is 24.5 Å². The molecule has 4 rings (SSSR count). The summed E-state index contributed by atoms with van der Waals surface area (Å²) in [5, 5.41) is 7.48. The number of carbonyl (C=O) groups excluding carboxylic acids is 2. The first-order chi connectivity index (χ1) is 13.9. The molecule has 0 saturated carbocycles. The third-order valence-corrected chi connectivity index (χ3v) is 5.16. The smallest absolute Gasteiger partial charge is 0.311 e. The number of benzene rings is 1. The highest BCUT2D eigenvalue weighted by atomic mass is 19.2. The molecule has 0 unspecified atom stereocenters. The number of nitrogens with zero attached hydrogens (tertiary/aromatic N) is 4. The van der Waals surface area contributed by atoms with Gasteiger partial charge in [0.05, 0.1) is 25.7 Å². The van der Waals surface area contributed by atoms with Crippen molar-refractivity contribution in [2.45, 2.75) is 19.4 Å². The largest absolute Gasteiger partial charge is 0.417 e. The second-order valence-corrected chi connectivity index (χ2v) is 7.33. The summed E-state index contributed by atoms with van der Waals surface area (Å²) >= 11 is 0. The number of rotatable bonds is 3. The van der Waals surface area contributed by atoms with Crippen molar-refractivity contribution in [2.75, 3.05) is 32.8 Å². The van der Waals surface area contributed by atoms with Gasteiger partial charge in [-0.1, -0.05) is 12.1 Å². The van der Waals surface area contributed by atoms with E-state index in [2.05, 4.69) is 10.2 Å². The van der Waals surface area contributed by atoms with E-state index in [-0.39, 0.29) is 48.7 Å². The molecule has 2 bridgehead atoms. The molecule has 0 radical (unpaired) electrons. The molecule has 2 saturated heterocycles. The zero-order valence-corrected chi connectivity index (χ0v) is 15.8. The van der Waals surface area contributed by atoms with Crippen molar-refractivity contribution >= 4 is 11.8 Å². The number of ether oxygens (including phenoxy) is 1. The molecule has 2 amide bonds. The Hall–Kier alpha value is -2.88. The van der Waals surface area contributed by atoms with Crippen molar-refractivity contribution in [3.63, 3.8) is 0 Å². The quantitative estimate of drug-likeness (QED) is 0.761. The van der Waals surface area contributed by atoms with Gasteiger partial charge in [0.1, 0.15) is 0 Å². The van der Waals surface area contributed by atoms with Gasteiger partial charge in [-0.15, -0.1) is 10.2 Å². The Kier molecular flexibility index (Phi) is 5.27. The minimum absolute atomic E-state index is 0.00919. The van der Waals surface area contributed by atoms with E-state index in [1.54, 1.807) is 16.7 Å². The monoisotopic (exact) mass is 406 g/mol. The summed E-state index contributed by atoms with van der Waals surface area (Å²) in [5.74, 6) is -2.65. The van der Waals surface area contributed by atoms with Gasteiger partial charge in [0.2, 0.25) is 11.8 Å². The van der Waals surface area contributed by atoms with Crippen molar-refractivity contribution in [3.8, 4) is 0 Å². The lowest BCUT2D eigenvalue weighted by Gasteiger charge is -2.30. The van der Waals surface area contributed by atoms with Gasteiger partial charge in [-0.05, 0) is 6.07 Å². The standard InChI is InChI=1S/C19H20F2N4O4/c1-11-22-23-18(29-11)19(27)25-7-12-6-24(8-14(25)10-28-9-12)16(26)5-13-3-2-4-15(20)17(13)21/h2-4,12,14H,5-10H2,1H3/t12-,14-/m0/s1. The maximum atomic E-state index is 14.0. The summed E-state index contributed by atoms with van der Waals surface area (Å²) in [6.07, 6.45) is -0.249. The molecule has 2 aliphatic rings. The summed E-state index contributed by atoms with van der Waals surface area (Å²) in [7, 11) is 0. The topological polar surface area (TPSA) is 88.8 Å². The Bertz CT molecular complexity index is 935. The second-order valence-electron chi connectivity index (χ2n) is 7.33. The molecule has 2 fully saturated rings. The number of hydrogen-bond donors (Lipinski definition) is 0. The number of amides is 2. The number of halogens is 2. The fraction of sp³-hybridized carbons (Fsp3) is 0.474. The molecule has 0 N–H and O–H groups in total. The van der Waals surface area contributed by atoms with Crippen LogP contribution in [0.15, 0.2) is 22.6 Å². The van der Waals surface area contributed by atoms with E-state index in [4.69, 9.17) is 9.15 Å². The molecule has 0 aliphatic carbocycles. The highest BCUT2D eigenvalue weighted by Crippen LogP contribution is 2.23. The molecule has 1 aromatic carbocycles. The normalized spacial score (nSPS) is 21.8. The first kappa shape index (κ1) is 19.4. The van der Waals surface area contributed by atoms with Gasteiger partial charge in [-0.2, -0.15) is 0 Å². The van der Waals surface area contributed by atoms with E-state index >= 15 is 0 Å². The maximum absolute atomic E-state index is 14.0. The highest BCUT2D eigenvalue weighted by molar-refractivity contribution is 5.90. The Morgan fingerprint density at radius 2 is 2.00 bits per heavy atom. The number of fused-ring (bicyclic) bond motifs is 3. The van der Waals surface area contributed by atoms with Gasteiger partial charge in [0.25, 0.3) is 0 Å². The van der Waals surface area contributed by atoms with Crippen LogP contribution < -0.4 is 0 Å². The predicted octanol–water partition coefficient (Wildman–Crippen LogP) is 1.20. The van der Waals surface area contributed by atoms with Gasteiger partial charge in [-0.3, -0.25) is 9.59 Å². The van der Waals surface area contributed by atoms with E-state index in [0.29, 0.717) is 19.7 Å². The molecule has 8 nitrogen and oxygen atoms in total. The third-order valence-electron chi connectivity index (χ3n) is 5.16. The van der Waals surface area contributed by atoms with Crippen LogP contribution in [0.3, 0.4) is 0 Å². The number of aryl methyl sites for hydroxylation is 1. The van der Waals surface area contributed by atoms with Crippen LogP contribution in [-0.2, 0) is 16.0 Å². The number of aromatic nitrogens is 2. The molecule has 2 atom stereocenters. The molecule has 29 heavy (non-hydrogen) atoms. The van der Waals surface area contributed by atoms with Crippen molar-refractivity contribution in [2.24, 2.45) is 5.92 Å². The van der Waals surface area contributed by atoms with E-state index < -0.39 is 23.6 Å². The third kappa shape index (κ3) is 3.98. The SMILES string of the molecule is Cc1nnc(C(=O)N2C[C@H]3COC[C@@H]2CN(C(=O)Cc2cccc(F)c2F)C3)o1. The van der Waals surface area contributed by atoms with Gasteiger partial charge in [0.15, 0.2) is 11.6 Å². The van der Waals surface area contributed by atoms with Crippen LogP contribution in [0.25, 0.3) is 0 Å². The van der Waals surface area contributed by atoms with Crippen LogP contribution in [0.5, 0.6) is 0 Å². The molecule has 2 aromatic rings. The van der Waals surface area contributed by atoms with E-state index in [1.807, 2.05) is 0 Å². The average Bonchev–Trinajstić information content (AvgIpc) is 2.91. The summed E-state index contributed by atoms with van der Waals surface area (Å²) in [6, 6.07) is 3.38. The van der Waals surface area contributed by atoms with Crippen LogP contribution in [0.4, 0.5) is 8.78 Å². The number of hydrogen-bond acceptors (Lipinski definition) is 6. The van der Waals surface area contributed by atoms with Gasteiger partial charge in [-0.25, -0.2) is 8.78 Å². The minimum Gasteiger partial charge on any atom is -0.417 e. The highest BCUT2D eigenvalue weighted by Gasteiger charge is 2.39. The summed E-state index contributed by atoms with van der Waals surface area (Å²) in [4.78, 5) is 28.8. The molecular formula is C19H20F2N4O4. The maximum Gasteiger partial charge on any atom is 0.311 e. The van der Waals surface area contributed by atoms with Gasteiger partial charge in [0, 0.05) is 38.0 Å². The van der Waals surface area contributed by atoms with Gasteiger partial charge < -0.3 is 19.0 Å². The molecule has 1 aromatic heterocycles. The fourth-order valence-electron chi connectivity index (χ4n) is 3.76. The Morgan fingerprint density at radius 1 is 1.17 bits per heavy atom. The molecule has 154 valence electrons. The Labute approximate surface area is 165 Å². The summed E-state index contributed by atoms with van der Waals surface area (Å²) in [6.45, 7) is 3.21. The minimum atomic E-state index is -1.01. The molecular weight excluding hydrogens is 386 g/mol. The van der Waals surface area contributed by atoms with E-state index in [9.17, 15) is 18.4 Å². The van der Waals surface area contributed by atoms with E-state index in [1.165, 1.54) is 12.1 Å². The lowest BCUT2D eigenvalue weighted by molar-refractivity contribution is -0.132. The molecule has 2 aliphatic heterocycles. The second kappa shape index (κ2) is 7.86.